The minimum absolute atomic E-state index is 0.0140. The molecule has 0 spiro atoms. The third-order valence-corrected chi connectivity index (χ3v) is 2.72. The molecule has 2 heterocycles. The zero-order valence-corrected chi connectivity index (χ0v) is 9.72. The number of rotatable bonds is 4. The summed E-state index contributed by atoms with van der Waals surface area (Å²) in [6, 6.07) is 1.45. The molecule has 0 bridgehead atoms. The Kier molecular flexibility index (Phi) is 3.41. The van der Waals surface area contributed by atoms with Crippen LogP contribution in [0.15, 0.2) is 18.5 Å². The summed E-state index contributed by atoms with van der Waals surface area (Å²) < 4.78 is 1.76. The molecule has 2 N–H and O–H groups in total. The first-order valence-corrected chi connectivity index (χ1v) is 5.72. The van der Waals surface area contributed by atoms with Crippen molar-refractivity contribution in [1.29, 1.82) is 0 Å². The zero-order valence-electron chi connectivity index (χ0n) is 9.72. The maximum absolute atomic E-state index is 11.8. The fourth-order valence-electron chi connectivity index (χ4n) is 1.89. The van der Waals surface area contributed by atoms with Gasteiger partial charge in [-0.1, -0.05) is 0 Å². The normalized spacial score (nSPS) is 21.0. The van der Waals surface area contributed by atoms with E-state index in [9.17, 15) is 9.59 Å². The van der Waals surface area contributed by atoms with E-state index >= 15 is 0 Å². The Morgan fingerprint density at radius 3 is 3.18 bits per heavy atom. The fraction of sp³-hybridized carbons (Fsp3) is 0.545. The van der Waals surface area contributed by atoms with Gasteiger partial charge in [0.2, 0.25) is 11.8 Å². The first-order valence-electron chi connectivity index (χ1n) is 5.72. The van der Waals surface area contributed by atoms with Crippen molar-refractivity contribution >= 4 is 11.8 Å². The number of aromatic nitrogens is 2. The van der Waals surface area contributed by atoms with E-state index in [1.54, 1.807) is 10.9 Å². The molecule has 17 heavy (non-hydrogen) atoms. The summed E-state index contributed by atoms with van der Waals surface area (Å²) >= 11 is 0. The summed E-state index contributed by atoms with van der Waals surface area (Å²) in [5, 5.41) is 9.58. The highest BCUT2D eigenvalue weighted by molar-refractivity contribution is 5.90. The van der Waals surface area contributed by atoms with E-state index < -0.39 is 0 Å². The van der Waals surface area contributed by atoms with Gasteiger partial charge >= 0.3 is 0 Å². The molecular weight excluding hydrogens is 220 g/mol. The minimum atomic E-state index is -0.373. The predicted octanol–water partition coefficient (Wildman–Crippen LogP) is -0.334. The van der Waals surface area contributed by atoms with Gasteiger partial charge in [-0.15, -0.1) is 0 Å². The summed E-state index contributed by atoms with van der Waals surface area (Å²) in [6.45, 7) is 2.54. The van der Waals surface area contributed by atoms with Crippen molar-refractivity contribution in [3.8, 4) is 0 Å². The minimum Gasteiger partial charge on any atom is -0.350 e. The van der Waals surface area contributed by atoms with Crippen molar-refractivity contribution < 1.29 is 9.59 Å². The van der Waals surface area contributed by atoms with E-state index in [0.717, 1.165) is 0 Å². The molecule has 2 amide bonds. The quantitative estimate of drug-likeness (QED) is 0.751. The van der Waals surface area contributed by atoms with Crippen LogP contribution in [0.3, 0.4) is 0 Å². The second-order valence-corrected chi connectivity index (χ2v) is 4.30. The van der Waals surface area contributed by atoms with Crippen molar-refractivity contribution in [2.45, 2.75) is 38.4 Å². The average Bonchev–Trinajstić information content (AvgIpc) is 2.89. The average molecular weight is 236 g/mol. The number of hydrogen-bond donors (Lipinski definition) is 2. The Morgan fingerprint density at radius 2 is 2.59 bits per heavy atom. The van der Waals surface area contributed by atoms with Crippen LogP contribution < -0.4 is 10.6 Å². The van der Waals surface area contributed by atoms with Crippen molar-refractivity contribution in [3.05, 3.63) is 18.5 Å². The van der Waals surface area contributed by atoms with Crippen molar-refractivity contribution in [1.82, 2.24) is 20.4 Å². The van der Waals surface area contributed by atoms with Gasteiger partial charge < -0.3 is 10.6 Å². The molecule has 2 rings (SSSR count). The van der Waals surface area contributed by atoms with E-state index in [1.165, 1.54) is 0 Å². The molecule has 6 heteroatoms. The van der Waals surface area contributed by atoms with Crippen LogP contribution in [0.4, 0.5) is 0 Å². The molecule has 0 saturated carbocycles. The molecule has 1 saturated heterocycles. The second-order valence-electron chi connectivity index (χ2n) is 4.30. The second kappa shape index (κ2) is 4.99. The molecule has 1 aliphatic rings. The summed E-state index contributed by atoms with van der Waals surface area (Å²) in [6.07, 6.45) is 4.57. The SMILES string of the molecule is C[C@@H](Cn1cccn1)NC(=O)[C@@H]1CCC(=O)N1. The predicted molar refractivity (Wildman–Crippen MR) is 61.0 cm³/mol. The number of nitrogens with zero attached hydrogens (tertiary/aromatic N) is 2. The van der Waals surface area contributed by atoms with E-state index in [2.05, 4.69) is 15.7 Å². The van der Waals surface area contributed by atoms with Crippen LogP contribution >= 0.6 is 0 Å². The van der Waals surface area contributed by atoms with Gasteiger partial charge in [0.05, 0.1) is 6.54 Å². The fourth-order valence-corrected chi connectivity index (χ4v) is 1.89. The molecule has 0 aliphatic carbocycles. The third kappa shape index (κ3) is 3.05. The number of amides is 2. The van der Waals surface area contributed by atoms with Crippen LogP contribution in [-0.2, 0) is 16.1 Å². The van der Waals surface area contributed by atoms with Crippen LogP contribution in [0.1, 0.15) is 19.8 Å². The number of carbonyl (C=O) groups excluding carboxylic acids is 2. The smallest absolute Gasteiger partial charge is 0.242 e. The molecule has 2 atom stereocenters. The molecule has 0 unspecified atom stereocenters. The maximum atomic E-state index is 11.8. The molecule has 1 aliphatic heterocycles. The highest BCUT2D eigenvalue weighted by Crippen LogP contribution is 2.06. The van der Waals surface area contributed by atoms with Gasteiger partial charge in [0.25, 0.3) is 0 Å². The Bertz CT molecular complexity index is 402. The van der Waals surface area contributed by atoms with Crippen molar-refractivity contribution in [2.24, 2.45) is 0 Å². The number of hydrogen-bond acceptors (Lipinski definition) is 3. The molecule has 6 nitrogen and oxygen atoms in total. The van der Waals surface area contributed by atoms with Crippen LogP contribution in [0, 0.1) is 0 Å². The lowest BCUT2D eigenvalue weighted by Crippen LogP contribution is -2.46. The number of nitrogens with one attached hydrogen (secondary N) is 2. The highest BCUT2D eigenvalue weighted by atomic mass is 16.2. The molecule has 0 radical (unpaired) electrons. The van der Waals surface area contributed by atoms with Crippen LogP contribution in [0.5, 0.6) is 0 Å². The highest BCUT2D eigenvalue weighted by Gasteiger charge is 2.27. The lowest BCUT2D eigenvalue weighted by Gasteiger charge is -2.17. The topological polar surface area (TPSA) is 76.0 Å². The van der Waals surface area contributed by atoms with Crippen molar-refractivity contribution in [2.75, 3.05) is 0 Å². The van der Waals surface area contributed by atoms with Gasteiger partial charge in [-0.05, 0) is 19.4 Å². The van der Waals surface area contributed by atoms with Crippen molar-refractivity contribution in [3.63, 3.8) is 0 Å². The monoisotopic (exact) mass is 236 g/mol. The van der Waals surface area contributed by atoms with E-state index in [0.29, 0.717) is 19.4 Å². The van der Waals surface area contributed by atoms with Gasteiger partial charge in [0, 0.05) is 24.9 Å². The molecular formula is C11H16N4O2. The largest absolute Gasteiger partial charge is 0.350 e. The molecule has 1 aromatic rings. The summed E-state index contributed by atoms with van der Waals surface area (Å²) in [5.74, 6) is -0.166. The number of carbonyl (C=O) groups is 2. The lowest BCUT2D eigenvalue weighted by atomic mass is 10.2. The molecule has 1 fully saturated rings. The maximum Gasteiger partial charge on any atom is 0.242 e. The standard InChI is InChI=1S/C11H16N4O2/c1-8(7-15-6-2-5-12-15)13-11(17)9-3-4-10(16)14-9/h2,5-6,8-9H,3-4,7H2,1H3,(H,13,17)(H,14,16)/t8-,9-/m0/s1. The molecule has 1 aromatic heterocycles. The first-order chi connectivity index (χ1) is 8.15. The van der Waals surface area contributed by atoms with E-state index in [-0.39, 0.29) is 23.9 Å². The summed E-state index contributed by atoms with van der Waals surface area (Å²) in [7, 11) is 0. The van der Waals surface area contributed by atoms with Crippen LogP contribution in [-0.4, -0.2) is 33.7 Å². The molecule has 92 valence electrons. The van der Waals surface area contributed by atoms with Gasteiger partial charge in [-0.2, -0.15) is 5.10 Å². The van der Waals surface area contributed by atoms with Crippen LogP contribution in [0.2, 0.25) is 0 Å². The lowest BCUT2D eigenvalue weighted by molar-refractivity contribution is -0.126. The van der Waals surface area contributed by atoms with Gasteiger partial charge in [-0.3, -0.25) is 14.3 Å². The van der Waals surface area contributed by atoms with E-state index in [4.69, 9.17) is 0 Å². The van der Waals surface area contributed by atoms with Crippen LogP contribution in [0.25, 0.3) is 0 Å². The summed E-state index contributed by atoms with van der Waals surface area (Å²) in [5.41, 5.74) is 0. The van der Waals surface area contributed by atoms with Gasteiger partial charge in [-0.25, -0.2) is 0 Å². The summed E-state index contributed by atoms with van der Waals surface area (Å²) in [4.78, 5) is 22.8. The van der Waals surface area contributed by atoms with Gasteiger partial charge in [0.1, 0.15) is 6.04 Å². The Labute approximate surface area is 99.4 Å². The molecule has 0 aromatic carbocycles. The Morgan fingerprint density at radius 1 is 1.76 bits per heavy atom. The van der Waals surface area contributed by atoms with E-state index in [1.807, 2.05) is 19.2 Å². The zero-order chi connectivity index (χ0) is 12.3. The Hall–Kier alpha value is -1.85. The third-order valence-electron chi connectivity index (χ3n) is 2.72. The Balaban J connectivity index is 1.80. The van der Waals surface area contributed by atoms with Gasteiger partial charge in [0.15, 0.2) is 0 Å². The first kappa shape index (κ1) is 11.6.